The van der Waals surface area contributed by atoms with E-state index in [0.29, 0.717) is 6.54 Å². The quantitative estimate of drug-likeness (QED) is 0.288. The fourth-order valence-electron chi connectivity index (χ4n) is 4.88. The average molecular weight is 386 g/mol. The summed E-state index contributed by atoms with van der Waals surface area (Å²) in [5.74, 6) is 0. The first kappa shape index (κ1) is 17.3. The van der Waals surface area contributed by atoms with Crippen LogP contribution in [-0.4, -0.2) is 19.8 Å². The number of benzene rings is 3. The summed E-state index contributed by atoms with van der Waals surface area (Å²) in [6, 6.07) is 19.6. The van der Waals surface area contributed by atoms with Gasteiger partial charge in [0.25, 0.3) is 5.36 Å². The monoisotopic (exact) mass is 385 g/mol. The number of hydrogen-bond donors (Lipinski definition) is 2. The first-order valence-electron chi connectivity index (χ1n) is 9.85. The molecule has 0 aromatic heterocycles. The van der Waals surface area contributed by atoms with Crippen molar-refractivity contribution in [1.82, 2.24) is 4.74 Å². The Morgan fingerprint density at radius 2 is 1.75 bits per heavy atom. The lowest BCUT2D eigenvalue weighted by Crippen LogP contribution is -2.63. The van der Waals surface area contributed by atoms with Gasteiger partial charge in [-0.1, -0.05) is 43.4 Å². The molecule has 140 valence electrons. The second-order valence-electron chi connectivity index (χ2n) is 8.52. The van der Waals surface area contributed by atoms with Crippen LogP contribution in [0.1, 0.15) is 22.3 Å². The molecule has 0 spiro atoms. The highest BCUT2D eigenvalue weighted by Gasteiger charge is 2.37. The fourth-order valence-corrected chi connectivity index (χ4v) is 7.94. The molecule has 2 heterocycles. The third-order valence-corrected chi connectivity index (χ3v) is 9.95. The van der Waals surface area contributed by atoms with Crippen LogP contribution < -0.4 is 31.4 Å². The second-order valence-corrected chi connectivity index (χ2v) is 12.8. The van der Waals surface area contributed by atoms with E-state index in [2.05, 4.69) is 68.5 Å². The van der Waals surface area contributed by atoms with Gasteiger partial charge in [-0.2, -0.15) is 0 Å². The zero-order valence-corrected chi connectivity index (χ0v) is 17.6. The molecule has 2 aliphatic rings. The summed E-state index contributed by atoms with van der Waals surface area (Å²) in [5.41, 5.74) is 13.4. The molecule has 5 rings (SSSR count). The maximum absolute atomic E-state index is 10.3. The Hall–Kier alpha value is -2.85. The van der Waals surface area contributed by atoms with Gasteiger partial charge < -0.3 is 5.73 Å². The van der Waals surface area contributed by atoms with E-state index in [1.54, 1.807) is 0 Å². The highest BCUT2D eigenvalue weighted by molar-refractivity contribution is 7.01. The van der Waals surface area contributed by atoms with E-state index in [-0.39, 0.29) is 0 Å². The molecule has 3 N–H and O–H groups in total. The van der Waals surface area contributed by atoms with Crippen molar-refractivity contribution in [3.8, 4) is 0 Å². The Labute approximate surface area is 166 Å². The number of nitrogens with two attached hydrogens (primary N) is 1. The molecule has 28 heavy (non-hydrogen) atoms. The highest BCUT2D eigenvalue weighted by atomic mass is 28.3. The minimum atomic E-state index is -1.97. The van der Waals surface area contributed by atoms with Crippen molar-refractivity contribution in [3.63, 3.8) is 0 Å². The summed E-state index contributed by atoms with van der Waals surface area (Å²) >= 11 is 0. The Balaban J connectivity index is 2.02. The SMILES string of the molecule is Cc1ccccc1C1=c2cc3c(cc2[Si](C)(C)c2cc(N)ccc21)=[N+](O)CC3. The van der Waals surface area contributed by atoms with Crippen LogP contribution in [0, 0.1) is 6.92 Å². The molecular formula is C24H25N2OSi+. The molecule has 0 fully saturated rings. The molecular weight excluding hydrogens is 360 g/mol. The van der Waals surface area contributed by atoms with Crippen molar-refractivity contribution in [2.24, 2.45) is 0 Å². The van der Waals surface area contributed by atoms with Gasteiger partial charge in [0.1, 0.15) is 8.07 Å². The van der Waals surface area contributed by atoms with Gasteiger partial charge in [-0.25, -0.2) is 0 Å². The molecule has 0 aliphatic carbocycles. The van der Waals surface area contributed by atoms with Crippen LogP contribution in [0.15, 0.2) is 54.6 Å². The minimum Gasteiger partial charge on any atom is -0.399 e. The van der Waals surface area contributed by atoms with E-state index in [1.165, 1.54) is 48.2 Å². The van der Waals surface area contributed by atoms with Crippen LogP contribution in [0.4, 0.5) is 5.69 Å². The van der Waals surface area contributed by atoms with Crippen molar-refractivity contribution in [2.75, 3.05) is 12.3 Å². The molecule has 3 nitrogen and oxygen atoms in total. The van der Waals surface area contributed by atoms with E-state index in [1.807, 2.05) is 6.07 Å². The van der Waals surface area contributed by atoms with E-state index in [4.69, 9.17) is 5.73 Å². The van der Waals surface area contributed by atoms with Crippen molar-refractivity contribution < 1.29 is 5.21 Å². The van der Waals surface area contributed by atoms with Crippen molar-refractivity contribution in [3.05, 3.63) is 87.4 Å². The minimum absolute atomic E-state index is 0.666. The largest absolute Gasteiger partial charge is 0.399 e. The molecule has 0 saturated heterocycles. The Morgan fingerprint density at radius 1 is 0.964 bits per heavy atom. The van der Waals surface area contributed by atoms with Crippen LogP contribution in [0.25, 0.3) is 5.57 Å². The summed E-state index contributed by atoms with van der Waals surface area (Å²) in [5, 5.41) is 15.4. The molecule has 3 aromatic carbocycles. The van der Waals surface area contributed by atoms with Crippen LogP contribution >= 0.6 is 0 Å². The number of anilines is 1. The molecule has 0 unspecified atom stereocenters. The van der Waals surface area contributed by atoms with Crippen LogP contribution in [0.2, 0.25) is 13.1 Å². The third-order valence-electron chi connectivity index (χ3n) is 6.43. The van der Waals surface area contributed by atoms with Gasteiger partial charge in [0.2, 0.25) is 0 Å². The van der Waals surface area contributed by atoms with E-state index in [0.717, 1.165) is 17.5 Å². The zero-order valence-electron chi connectivity index (χ0n) is 16.6. The number of rotatable bonds is 1. The number of nitrogens with zero attached hydrogens (tertiary/aromatic N) is 1. The number of aryl methyl sites for hydroxylation is 1. The molecule has 0 saturated carbocycles. The number of hydrogen-bond acceptors (Lipinski definition) is 2. The average Bonchev–Trinajstić information content (AvgIpc) is 3.03. The maximum atomic E-state index is 10.3. The van der Waals surface area contributed by atoms with Crippen LogP contribution in [-0.2, 0) is 6.42 Å². The van der Waals surface area contributed by atoms with Gasteiger partial charge >= 0.3 is 0 Å². The normalized spacial score (nSPS) is 16.5. The number of fused-ring (bicyclic) bond motifs is 3. The van der Waals surface area contributed by atoms with Crippen molar-refractivity contribution in [1.29, 1.82) is 0 Å². The Bertz CT molecular complexity index is 1270. The van der Waals surface area contributed by atoms with E-state index < -0.39 is 8.07 Å². The van der Waals surface area contributed by atoms with Crippen molar-refractivity contribution >= 4 is 29.7 Å². The molecule has 0 radical (unpaired) electrons. The highest BCUT2D eigenvalue weighted by Crippen LogP contribution is 2.27. The first-order valence-corrected chi connectivity index (χ1v) is 12.9. The van der Waals surface area contributed by atoms with Gasteiger partial charge in [-0.15, -0.1) is 0 Å². The molecule has 0 atom stereocenters. The molecule has 0 amide bonds. The standard InChI is InChI=1S/C24H24N2OSi/c1-15-6-4-5-7-18(15)24-19-9-8-17(25)13-22(19)28(2,3)23-14-21-16(12-20(23)24)10-11-26(21)27/h4-9,12-14,25,27H,10-11H2,1-3H3/p+1. The predicted octanol–water partition coefficient (Wildman–Crippen LogP) is 1.40. The zero-order chi connectivity index (χ0) is 19.6. The topological polar surface area (TPSA) is 49.3 Å². The maximum Gasteiger partial charge on any atom is 0.253 e. The summed E-state index contributed by atoms with van der Waals surface area (Å²) in [6.07, 6.45) is 0.886. The fraction of sp³-hybridized carbons (Fsp3) is 0.208. The van der Waals surface area contributed by atoms with E-state index in [9.17, 15) is 5.21 Å². The molecule has 3 aromatic rings. The number of nitrogen functional groups attached to an aromatic ring is 1. The third kappa shape index (κ3) is 2.31. The summed E-state index contributed by atoms with van der Waals surface area (Å²) in [4.78, 5) is 0. The van der Waals surface area contributed by atoms with Gasteiger partial charge in [0.15, 0.2) is 6.54 Å². The lowest BCUT2D eigenvalue weighted by Gasteiger charge is -2.33. The van der Waals surface area contributed by atoms with Gasteiger partial charge in [-0.3, -0.25) is 5.21 Å². The van der Waals surface area contributed by atoms with Gasteiger partial charge in [-0.05, 0) is 67.7 Å². The smallest absolute Gasteiger partial charge is 0.253 e. The predicted molar refractivity (Wildman–Crippen MR) is 118 cm³/mol. The van der Waals surface area contributed by atoms with Crippen molar-refractivity contribution in [2.45, 2.75) is 26.4 Å². The first-order chi connectivity index (χ1) is 13.4. The molecule has 4 heteroatoms. The summed E-state index contributed by atoms with van der Waals surface area (Å²) < 4.78 is 1.41. The molecule has 2 aliphatic heterocycles. The second kappa shape index (κ2) is 5.82. The van der Waals surface area contributed by atoms with E-state index >= 15 is 0 Å². The Morgan fingerprint density at radius 3 is 2.54 bits per heavy atom. The van der Waals surface area contributed by atoms with Gasteiger partial charge in [0, 0.05) is 23.7 Å². The molecule has 0 bridgehead atoms. The number of hydroxylamine groups is 1. The lowest BCUT2D eigenvalue weighted by atomic mass is 9.91. The van der Waals surface area contributed by atoms with Crippen LogP contribution in [0.3, 0.4) is 0 Å². The lowest BCUT2D eigenvalue weighted by molar-refractivity contribution is 0.109. The van der Waals surface area contributed by atoms with Crippen LogP contribution in [0.5, 0.6) is 0 Å². The van der Waals surface area contributed by atoms with Gasteiger partial charge in [0.05, 0.1) is 0 Å². The Kier molecular flexibility index (Phi) is 3.59. The summed E-state index contributed by atoms with van der Waals surface area (Å²) in [6.45, 7) is 7.63. The summed E-state index contributed by atoms with van der Waals surface area (Å²) in [7, 11) is -1.97.